The molecular formula is C26H21FN2O. The van der Waals surface area contributed by atoms with Gasteiger partial charge in [0.25, 0.3) is 5.91 Å². The predicted octanol–water partition coefficient (Wildman–Crippen LogP) is 5.74. The number of nitrogens with zero attached hydrogens (tertiary/aromatic N) is 2. The van der Waals surface area contributed by atoms with Crippen molar-refractivity contribution in [3.63, 3.8) is 0 Å². The van der Waals surface area contributed by atoms with Gasteiger partial charge in [-0.15, -0.1) is 0 Å². The summed E-state index contributed by atoms with van der Waals surface area (Å²) in [5, 5.41) is 1.07. The zero-order valence-corrected chi connectivity index (χ0v) is 16.7. The van der Waals surface area contributed by atoms with Crippen molar-refractivity contribution in [2.24, 2.45) is 0 Å². The van der Waals surface area contributed by atoms with Gasteiger partial charge in [-0.05, 0) is 42.8 Å². The van der Waals surface area contributed by atoms with Crippen LogP contribution in [0.25, 0.3) is 22.6 Å². The lowest BCUT2D eigenvalue weighted by Gasteiger charge is -2.13. The van der Waals surface area contributed by atoms with Crippen LogP contribution >= 0.6 is 0 Å². The third-order valence-corrected chi connectivity index (χ3v) is 5.64. The molecular weight excluding hydrogens is 375 g/mol. The molecule has 3 nitrogen and oxygen atoms in total. The van der Waals surface area contributed by atoms with Gasteiger partial charge in [-0.2, -0.15) is 0 Å². The average Bonchev–Trinajstić information content (AvgIpc) is 3.23. The smallest absolute Gasteiger partial charge is 0.258 e. The van der Waals surface area contributed by atoms with E-state index in [-0.39, 0.29) is 11.7 Å². The maximum absolute atomic E-state index is 13.7. The van der Waals surface area contributed by atoms with E-state index in [0.717, 1.165) is 33.3 Å². The molecule has 0 bridgehead atoms. The van der Waals surface area contributed by atoms with Crippen molar-refractivity contribution in [3.05, 3.63) is 102 Å². The van der Waals surface area contributed by atoms with E-state index in [1.165, 1.54) is 6.07 Å². The summed E-state index contributed by atoms with van der Waals surface area (Å²) in [4.78, 5) is 14.9. The Hall–Kier alpha value is -3.66. The van der Waals surface area contributed by atoms with Gasteiger partial charge in [0.1, 0.15) is 5.82 Å². The number of fused-ring (bicyclic) bond motifs is 2. The normalized spacial score (nSPS) is 14.7. The van der Waals surface area contributed by atoms with E-state index in [0.29, 0.717) is 18.7 Å². The van der Waals surface area contributed by atoms with E-state index in [1.807, 2.05) is 66.6 Å². The number of carbonyl (C=O) groups is 1. The summed E-state index contributed by atoms with van der Waals surface area (Å²) in [6, 6.07) is 22.7. The highest BCUT2D eigenvalue weighted by molar-refractivity contribution is 6.36. The number of hydrogen-bond donors (Lipinski definition) is 0. The molecule has 2 heterocycles. The zero-order chi connectivity index (χ0) is 20.7. The third kappa shape index (κ3) is 3.01. The second kappa shape index (κ2) is 7.30. The molecule has 148 valence electrons. The van der Waals surface area contributed by atoms with E-state index in [2.05, 4.69) is 16.7 Å². The van der Waals surface area contributed by atoms with Crippen LogP contribution in [0.3, 0.4) is 0 Å². The first-order chi connectivity index (χ1) is 14.7. The summed E-state index contributed by atoms with van der Waals surface area (Å²) < 4.78 is 15.8. The molecule has 0 radical (unpaired) electrons. The van der Waals surface area contributed by atoms with Crippen LogP contribution in [0, 0.1) is 5.82 Å². The Morgan fingerprint density at radius 3 is 2.60 bits per heavy atom. The number of halogens is 1. The number of aromatic nitrogens is 1. The minimum atomic E-state index is -0.237. The lowest BCUT2D eigenvalue weighted by Crippen LogP contribution is -2.25. The topological polar surface area (TPSA) is 25.2 Å². The van der Waals surface area contributed by atoms with E-state index in [4.69, 9.17) is 0 Å². The molecule has 1 amide bonds. The predicted molar refractivity (Wildman–Crippen MR) is 120 cm³/mol. The molecule has 0 saturated heterocycles. The van der Waals surface area contributed by atoms with Gasteiger partial charge in [0.2, 0.25) is 0 Å². The standard InChI is InChI=1S/C26H21FN2O/c1-2-29-25-13-6-4-11-22(25)23(26(29)30)15-19-17-28(24-12-5-3-10-21(19)24)16-18-8-7-9-20(27)14-18/h3-15,17H,2,16H2,1H3/b23-15-. The Kier molecular flexibility index (Phi) is 4.47. The molecule has 1 aromatic heterocycles. The van der Waals surface area contributed by atoms with Gasteiger partial charge in [0.15, 0.2) is 0 Å². The fourth-order valence-corrected chi connectivity index (χ4v) is 4.27. The van der Waals surface area contributed by atoms with E-state index in [9.17, 15) is 9.18 Å². The first kappa shape index (κ1) is 18.4. The largest absolute Gasteiger partial charge is 0.342 e. The lowest BCUT2D eigenvalue weighted by molar-refractivity contribution is -0.112. The molecule has 4 heteroatoms. The number of amides is 1. The monoisotopic (exact) mass is 396 g/mol. The number of para-hydroxylation sites is 2. The number of hydrogen-bond acceptors (Lipinski definition) is 1. The van der Waals surface area contributed by atoms with Gasteiger partial charge in [-0.25, -0.2) is 4.39 Å². The number of anilines is 1. The van der Waals surface area contributed by atoms with Gasteiger partial charge in [-0.3, -0.25) is 4.79 Å². The van der Waals surface area contributed by atoms with E-state index < -0.39 is 0 Å². The van der Waals surface area contributed by atoms with Crippen molar-refractivity contribution in [2.45, 2.75) is 13.5 Å². The highest BCUT2D eigenvalue weighted by atomic mass is 19.1. The van der Waals surface area contributed by atoms with Crippen LogP contribution in [0.5, 0.6) is 0 Å². The van der Waals surface area contributed by atoms with Crippen LogP contribution in [-0.4, -0.2) is 17.0 Å². The summed E-state index contributed by atoms with van der Waals surface area (Å²) in [7, 11) is 0. The Bertz CT molecular complexity index is 1300. The number of carbonyl (C=O) groups excluding carboxylic acids is 1. The van der Waals surface area contributed by atoms with Gasteiger partial charge in [-0.1, -0.05) is 48.5 Å². The molecule has 0 spiro atoms. The molecule has 0 fully saturated rings. The van der Waals surface area contributed by atoms with E-state index >= 15 is 0 Å². The van der Waals surface area contributed by atoms with Gasteiger partial charge < -0.3 is 9.47 Å². The molecule has 0 unspecified atom stereocenters. The van der Waals surface area contributed by atoms with Crippen LogP contribution in [-0.2, 0) is 11.3 Å². The van der Waals surface area contributed by atoms with Crippen LogP contribution in [0.15, 0.2) is 79.0 Å². The summed E-state index contributed by atoms with van der Waals surface area (Å²) in [5.74, 6) is -0.209. The number of benzene rings is 3. The fraction of sp³-hybridized carbons (Fsp3) is 0.115. The molecule has 0 aliphatic carbocycles. The Morgan fingerprint density at radius 1 is 0.967 bits per heavy atom. The Labute approximate surface area is 174 Å². The SMILES string of the molecule is CCN1C(=O)/C(=C\c2cn(Cc3cccc(F)c3)c3ccccc23)c2ccccc21. The zero-order valence-electron chi connectivity index (χ0n) is 16.7. The van der Waals surface area contributed by atoms with Crippen LogP contribution in [0.1, 0.15) is 23.6 Å². The first-order valence-corrected chi connectivity index (χ1v) is 10.1. The Balaban J connectivity index is 1.63. The molecule has 1 aliphatic heterocycles. The molecule has 0 saturated carbocycles. The molecule has 5 rings (SSSR count). The molecule has 0 atom stereocenters. The molecule has 4 aromatic rings. The van der Waals surface area contributed by atoms with Crippen molar-refractivity contribution < 1.29 is 9.18 Å². The lowest BCUT2D eigenvalue weighted by atomic mass is 10.0. The molecule has 1 aliphatic rings. The second-order valence-corrected chi connectivity index (χ2v) is 7.48. The van der Waals surface area contributed by atoms with Crippen molar-refractivity contribution in [1.29, 1.82) is 0 Å². The van der Waals surface area contributed by atoms with Crippen molar-refractivity contribution >= 4 is 34.1 Å². The quantitative estimate of drug-likeness (QED) is 0.404. The van der Waals surface area contributed by atoms with Crippen LogP contribution in [0.2, 0.25) is 0 Å². The average molecular weight is 396 g/mol. The van der Waals surface area contributed by atoms with Crippen LogP contribution < -0.4 is 4.90 Å². The molecule has 3 aromatic carbocycles. The highest BCUT2D eigenvalue weighted by Gasteiger charge is 2.31. The number of rotatable bonds is 4. The van der Waals surface area contributed by atoms with Crippen molar-refractivity contribution in [1.82, 2.24) is 4.57 Å². The third-order valence-electron chi connectivity index (χ3n) is 5.64. The molecule has 30 heavy (non-hydrogen) atoms. The maximum Gasteiger partial charge on any atom is 0.258 e. The number of likely N-dealkylation sites (N-methyl/N-ethyl adjacent to an activating group) is 1. The van der Waals surface area contributed by atoms with Gasteiger partial charge >= 0.3 is 0 Å². The minimum Gasteiger partial charge on any atom is -0.342 e. The molecule has 0 N–H and O–H groups in total. The van der Waals surface area contributed by atoms with Crippen molar-refractivity contribution in [3.8, 4) is 0 Å². The summed E-state index contributed by atoms with van der Waals surface area (Å²) in [6.45, 7) is 3.18. The van der Waals surface area contributed by atoms with Crippen LogP contribution in [0.4, 0.5) is 10.1 Å². The van der Waals surface area contributed by atoms with E-state index in [1.54, 1.807) is 12.1 Å². The summed E-state index contributed by atoms with van der Waals surface area (Å²) in [6.07, 6.45) is 4.04. The van der Waals surface area contributed by atoms with Gasteiger partial charge in [0.05, 0.1) is 5.69 Å². The maximum atomic E-state index is 13.7. The van der Waals surface area contributed by atoms with Gasteiger partial charge in [0, 0.05) is 46.9 Å². The summed E-state index contributed by atoms with van der Waals surface area (Å²) in [5.41, 5.74) is 5.57. The highest BCUT2D eigenvalue weighted by Crippen LogP contribution is 2.38. The Morgan fingerprint density at radius 2 is 1.77 bits per heavy atom. The van der Waals surface area contributed by atoms with Crippen molar-refractivity contribution in [2.75, 3.05) is 11.4 Å². The first-order valence-electron chi connectivity index (χ1n) is 10.1. The second-order valence-electron chi connectivity index (χ2n) is 7.48. The minimum absolute atomic E-state index is 0.0284. The summed E-state index contributed by atoms with van der Waals surface area (Å²) >= 11 is 0. The fourth-order valence-electron chi connectivity index (χ4n) is 4.27.